The van der Waals surface area contributed by atoms with Gasteiger partial charge >= 0.3 is 12.1 Å². The maximum absolute atomic E-state index is 12.2. The third kappa shape index (κ3) is 4.14. The van der Waals surface area contributed by atoms with Gasteiger partial charge in [-0.25, -0.2) is 9.59 Å². The number of benzene rings is 2. The zero-order valence-corrected chi connectivity index (χ0v) is 15.5. The molecule has 3 rings (SSSR count). The number of hydrogen-bond donors (Lipinski definition) is 3. The van der Waals surface area contributed by atoms with Gasteiger partial charge in [-0.15, -0.1) is 0 Å². The van der Waals surface area contributed by atoms with Crippen molar-refractivity contribution in [2.24, 2.45) is 0 Å². The van der Waals surface area contributed by atoms with Gasteiger partial charge < -0.3 is 20.5 Å². The van der Waals surface area contributed by atoms with E-state index >= 15 is 0 Å². The fourth-order valence-corrected chi connectivity index (χ4v) is 3.44. The lowest BCUT2D eigenvalue weighted by molar-refractivity contribution is -0.139. The Bertz CT molecular complexity index is 850. The van der Waals surface area contributed by atoms with Crippen LogP contribution in [0.1, 0.15) is 29.9 Å². The van der Waals surface area contributed by atoms with Crippen molar-refractivity contribution >= 4 is 18.0 Å². The largest absolute Gasteiger partial charge is 0.480 e. The van der Waals surface area contributed by atoms with Gasteiger partial charge in [0.05, 0.1) is 0 Å². The summed E-state index contributed by atoms with van der Waals surface area (Å²) >= 11 is 0. The van der Waals surface area contributed by atoms with Crippen LogP contribution >= 0.6 is 0 Å². The molecule has 2 aromatic carbocycles. The highest BCUT2D eigenvalue weighted by molar-refractivity contribution is 5.82. The number of carboxylic acids is 1. The van der Waals surface area contributed by atoms with E-state index in [-0.39, 0.29) is 31.3 Å². The van der Waals surface area contributed by atoms with Crippen LogP contribution in [0.2, 0.25) is 0 Å². The van der Waals surface area contributed by atoms with E-state index in [0.29, 0.717) is 0 Å². The number of aliphatic carboxylic acids is 1. The van der Waals surface area contributed by atoms with Crippen LogP contribution < -0.4 is 10.6 Å². The van der Waals surface area contributed by atoms with Crippen molar-refractivity contribution in [1.29, 1.82) is 0 Å². The predicted molar refractivity (Wildman–Crippen MR) is 103 cm³/mol. The zero-order chi connectivity index (χ0) is 20.1. The van der Waals surface area contributed by atoms with Gasteiger partial charge in [0, 0.05) is 19.4 Å². The van der Waals surface area contributed by atoms with Crippen molar-refractivity contribution in [3.8, 4) is 11.1 Å². The second kappa shape index (κ2) is 8.56. The average Bonchev–Trinajstić information content (AvgIpc) is 3.03. The normalized spacial score (nSPS) is 13.2. The highest BCUT2D eigenvalue weighted by Crippen LogP contribution is 2.44. The Hall–Kier alpha value is -3.35. The molecule has 0 heterocycles. The molecule has 7 heteroatoms. The summed E-state index contributed by atoms with van der Waals surface area (Å²) in [7, 11) is 1.47. The molecule has 0 unspecified atom stereocenters. The van der Waals surface area contributed by atoms with E-state index in [9.17, 15) is 19.5 Å². The monoisotopic (exact) mass is 382 g/mol. The minimum atomic E-state index is -1.21. The minimum Gasteiger partial charge on any atom is -0.480 e. The maximum atomic E-state index is 12.2. The molecule has 1 aliphatic carbocycles. The number of nitrogens with one attached hydrogen (secondary N) is 2. The topological polar surface area (TPSA) is 105 Å². The molecule has 0 spiro atoms. The number of rotatable bonds is 7. The van der Waals surface area contributed by atoms with E-state index in [1.165, 1.54) is 7.05 Å². The van der Waals surface area contributed by atoms with E-state index in [4.69, 9.17) is 4.74 Å². The molecule has 0 fully saturated rings. The molecule has 1 aliphatic rings. The lowest BCUT2D eigenvalue weighted by Gasteiger charge is -2.17. The quantitative estimate of drug-likeness (QED) is 0.682. The molecule has 0 aromatic heterocycles. The Balaban J connectivity index is 1.64. The van der Waals surface area contributed by atoms with E-state index in [0.717, 1.165) is 22.3 Å². The van der Waals surface area contributed by atoms with Crippen molar-refractivity contribution in [3.05, 3.63) is 59.7 Å². The van der Waals surface area contributed by atoms with E-state index in [1.54, 1.807) is 0 Å². The first-order valence-corrected chi connectivity index (χ1v) is 9.06. The van der Waals surface area contributed by atoms with Crippen LogP contribution in [0.3, 0.4) is 0 Å². The molecular formula is C21H22N2O5. The molecule has 1 atom stereocenters. The van der Waals surface area contributed by atoms with Crippen LogP contribution in [0, 0.1) is 0 Å². The molecule has 146 valence electrons. The summed E-state index contributed by atoms with van der Waals surface area (Å²) in [6.07, 6.45) is -0.831. The summed E-state index contributed by atoms with van der Waals surface area (Å²) in [6.45, 7) is 0.0989. The second-order valence-corrected chi connectivity index (χ2v) is 6.57. The SMILES string of the molecule is CNC(=O)CC[C@H](NC(=O)OCC1c2ccccc2-c2ccccc21)C(=O)O. The van der Waals surface area contributed by atoms with Crippen molar-refractivity contribution < 1.29 is 24.2 Å². The Morgan fingerprint density at radius 3 is 2.14 bits per heavy atom. The zero-order valence-electron chi connectivity index (χ0n) is 15.5. The Labute approximate surface area is 162 Å². The maximum Gasteiger partial charge on any atom is 0.407 e. The summed E-state index contributed by atoms with van der Waals surface area (Å²) in [6, 6.07) is 14.7. The van der Waals surface area contributed by atoms with Crippen LogP contribution in [0.4, 0.5) is 4.79 Å². The summed E-state index contributed by atoms with van der Waals surface area (Å²) in [5, 5.41) is 14.0. The number of carbonyl (C=O) groups is 3. The van der Waals surface area contributed by atoms with Crippen molar-refractivity contribution in [2.45, 2.75) is 24.8 Å². The van der Waals surface area contributed by atoms with E-state index in [1.807, 2.05) is 48.5 Å². The van der Waals surface area contributed by atoms with Gasteiger partial charge in [0.15, 0.2) is 0 Å². The molecule has 2 amide bonds. The van der Waals surface area contributed by atoms with Crippen LogP contribution in [0.5, 0.6) is 0 Å². The molecule has 0 radical (unpaired) electrons. The van der Waals surface area contributed by atoms with Crippen molar-refractivity contribution in [1.82, 2.24) is 10.6 Å². The standard InChI is InChI=1S/C21H22N2O5/c1-22-19(24)11-10-18(20(25)26)23-21(27)28-12-17-15-8-4-2-6-13(15)14-7-3-5-9-16(14)17/h2-9,17-18H,10-12H2,1H3,(H,22,24)(H,23,27)(H,25,26)/t18-/m0/s1. The Morgan fingerprint density at radius 2 is 1.61 bits per heavy atom. The molecule has 2 aromatic rings. The lowest BCUT2D eigenvalue weighted by Crippen LogP contribution is -2.42. The van der Waals surface area contributed by atoms with Gasteiger partial charge in [-0.05, 0) is 28.7 Å². The number of ether oxygens (including phenoxy) is 1. The summed E-state index contributed by atoms with van der Waals surface area (Å²) in [5.74, 6) is -1.61. The Morgan fingerprint density at radius 1 is 1.04 bits per heavy atom. The van der Waals surface area contributed by atoms with Gasteiger partial charge in [0.2, 0.25) is 5.91 Å². The van der Waals surface area contributed by atoms with Gasteiger partial charge in [-0.3, -0.25) is 4.79 Å². The molecule has 0 saturated carbocycles. The molecule has 3 N–H and O–H groups in total. The number of fused-ring (bicyclic) bond motifs is 3. The van der Waals surface area contributed by atoms with Crippen LogP contribution in [0.15, 0.2) is 48.5 Å². The second-order valence-electron chi connectivity index (χ2n) is 6.57. The summed E-state index contributed by atoms with van der Waals surface area (Å²) < 4.78 is 5.34. The molecular weight excluding hydrogens is 360 g/mol. The third-order valence-corrected chi connectivity index (χ3v) is 4.87. The predicted octanol–water partition coefficient (Wildman–Crippen LogP) is 2.50. The highest BCUT2D eigenvalue weighted by Gasteiger charge is 2.29. The molecule has 28 heavy (non-hydrogen) atoms. The first kappa shape index (κ1) is 19.4. The summed E-state index contributed by atoms with van der Waals surface area (Å²) in [4.78, 5) is 34.8. The number of carboxylic acid groups (broad SMARTS) is 1. The minimum absolute atomic E-state index is 0.00285. The third-order valence-electron chi connectivity index (χ3n) is 4.87. The van der Waals surface area contributed by atoms with Crippen LogP contribution in [-0.4, -0.2) is 42.8 Å². The van der Waals surface area contributed by atoms with Gasteiger partial charge in [-0.1, -0.05) is 48.5 Å². The summed E-state index contributed by atoms with van der Waals surface area (Å²) in [5.41, 5.74) is 4.37. The average molecular weight is 382 g/mol. The van der Waals surface area contributed by atoms with E-state index < -0.39 is 18.1 Å². The van der Waals surface area contributed by atoms with Gasteiger partial charge in [-0.2, -0.15) is 0 Å². The number of alkyl carbamates (subject to hydrolysis) is 1. The first-order valence-electron chi connectivity index (χ1n) is 9.06. The van der Waals surface area contributed by atoms with Gasteiger partial charge in [0.1, 0.15) is 12.6 Å². The lowest BCUT2D eigenvalue weighted by atomic mass is 9.98. The van der Waals surface area contributed by atoms with Crippen LogP contribution in [0.25, 0.3) is 11.1 Å². The number of hydrogen-bond acceptors (Lipinski definition) is 4. The van der Waals surface area contributed by atoms with Crippen molar-refractivity contribution in [3.63, 3.8) is 0 Å². The number of carbonyl (C=O) groups excluding carboxylic acids is 2. The van der Waals surface area contributed by atoms with Gasteiger partial charge in [0.25, 0.3) is 0 Å². The highest BCUT2D eigenvalue weighted by atomic mass is 16.5. The fraction of sp³-hybridized carbons (Fsp3) is 0.286. The molecule has 0 bridgehead atoms. The molecule has 0 aliphatic heterocycles. The molecule has 7 nitrogen and oxygen atoms in total. The fourth-order valence-electron chi connectivity index (χ4n) is 3.44. The van der Waals surface area contributed by atoms with Crippen LogP contribution in [-0.2, 0) is 14.3 Å². The smallest absolute Gasteiger partial charge is 0.407 e. The van der Waals surface area contributed by atoms with E-state index in [2.05, 4.69) is 10.6 Å². The van der Waals surface area contributed by atoms with Crippen molar-refractivity contribution in [2.75, 3.05) is 13.7 Å². The molecule has 0 saturated heterocycles. The first-order chi connectivity index (χ1) is 13.5. The Kier molecular flexibility index (Phi) is 5.93. The number of amides is 2.